The second-order valence-corrected chi connectivity index (χ2v) is 7.71. The molecular formula is C24H22F3N5O. The van der Waals surface area contributed by atoms with E-state index in [0.29, 0.717) is 29.9 Å². The summed E-state index contributed by atoms with van der Waals surface area (Å²) in [4.78, 5) is 22.7. The van der Waals surface area contributed by atoms with Gasteiger partial charge in [0.05, 0.1) is 6.54 Å². The Morgan fingerprint density at radius 2 is 1.61 bits per heavy atom. The minimum absolute atomic E-state index is 0.0986. The van der Waals surface area contributed by atoms with Gasteiger partial charge in [0.2, 0.25) is 5.91 Å². The van der Waals surface area contributed by atoms with Crippen LogP contribution in [0.2, 0.25) is 0 Å². The zero-order valence-electron chi connectivity index (χ0n) is 18.2. The van der Waals surface area contributed by atoms with Gasteiger partial charge in [-0.3, -0.25) is 4.79 Å². The fourth-order valence-corrected chi connectivity index (χ4v) is 3.75. The van der Waals surface area contributed by atoms with Gasteiger partial charge < -0.3 is 4.90 Å². The Balaban J connectivity index is 1.59. The minimum Gasteiger partial charge on any atom is -0.308 e. The molecule has 0 saturated carbocycles. The summed E-state index contributed by atoms with van der Waals surface area (Å²) in [5, 5.41) is 3.57. The van der Waals surface area contributed by atoms with Gasteiger partial charge in [0, 0.05) is 23.5 Å². The Labute approximate surface area is 188 Å². The summed E-state index contributed by atoms with van der Waals surface area (Å²) >= 11 is 0. The number of aromatic nitrogens is 4. The van der Waals surface area contributed by atoms with E-state index in [1.165, 1.54) is 0 Å². The summed E-state index contributed by atoms with van der Waals surface area (Å²) < 4.78 is 40.2. The molecule has 0 aliphatic carbocycles. The lowest BCUT2D eigenvalue weighted by Crippen LogP contribution is -2.30. The van der Waals surface area contributed by atoms with Crippen LogP contribution in [-0.2, 0) is 23.9 Å². The summed E-state index contributed by atoms with van der Waals surface area (Å²) in [6.07, 6.45) is -4.17. The molecule has 33 heavy (non-hydrogen) atoms. The van der Waals surface area contributed by atoms with E-state index in [-0.39, 0.29) is 18.1 Å². The molecule has 2 heterocycles. The van der Waals surface area contributed by atoms with Crippen LogP contribution in [0, 0.1) is 13.8 Å². The lowest BCUT2D eigenvalue weighted by atomic mass is 10.1. The molecule has 1 amide bonds. The first kappa shape index (κ1) is 22.4. The van der Waals surface area contributed by atoms with Gasteiger partial charge in [0.25, 0.3) is 11.6 Å². The van der Waals surface area contributed by atoms with Crippen LogP contribution < -0.4 is 4.90 Å². The second-order valence-electron chi connectivity index (χ2n) is 7.71. The van der Waals surface area contributed by atoms with Gasteiger partial charge in [-0.2, -0.15) is 18.2 Å². The lowest BCUT2D eigenvalue weighted by molar-refractivity contribution is -0.144. The highest BCUT2D eigenvalue weighted by atomic mass is 19.4. The molecule has 0 spiro atoms. The molecule has 0 aliphatic rings. The number of aryl methyl sites for hydroxylation is 2. The van der Waals surface area contributed by atoms with Crippen molar-refractivity contribution in [2.45, 2.75) is 39.4 Å². The largest absolute Gasteiger partial charge is 0.453 e. The van der Waals surface area contributed by atoms with Crippen molar-refractivity contribution >= 4 is 17.4 Å². The standard InChI is InChI=1S/C24H22F3N5O/c1-16-20(17(2)32-23(28-16)29-22(30-32)24(25,26)27)13-14-21(33)31(19-11-7-4-8-12-19)15-18-9-5-3-6-10-18/h3-12H,13-15H2,1-2H3. The van der Waals surface area contributed by atoms with E-state index in [2.05, 4.69) is 15.1 Å². The number of anilines is 1. The second kappa shape index (κ2) is 9.01. The number of para-hydroxylation sites is 1. The van der Waals surface area contributed by atoms with E-state index in [1.54, 1.807) is 18.7 Å². The molecule has 9 heteroatoms. The Morgan fingerprint density at radius 1 is 0.970 bits per heavy atom. The third-order valence-corrected chi connectivity index (χ3v) is 5.44. The monoisotopic (exact) mass is 453 g/mol. The highest BCUT2D eigenvalue weighted by Gasteiger charge is 2.37. The van der Waals surface area contributed by atoms with Crippen molar-refractivity contribution < 1.29 is 18.0 Å². The zero-order valence-corrected chi connectivity index (χ0v) is 18.2. The van der Waals surface area contributed by atoms with Crippen molar-refractivity contribution in [2.24, 2.45) is 0 Å². The number of alkyl halides is 3. The van der Waals surface area contributed by atoms with Crippen molar-refractivity contribution in [1.82, 2.24) is 19.6 Å². The first-order valence-electron chi connectivity index (χ1n) is 10.4. The molecule has 6 nitrogen and oxygen atoms in total. The van der Waals surface area contributed by atoms with E-state index in [0.717, 1.165) is 15.8 Å². The summed E-state index contributed by atoms with van der Waals surface area (Å²) in [5.74, 6) is -1.44. The zero-order chi connectivity index (χ0) is 23.6. The Kier molecular flexibility index (Phi) is 6.13. The van der Waals surface area contributed by atoms with Crippen LogP contribution in [0.3, 0.4) is 0 Å². The van der Waals surface area contributed by atoms with Crippen LogP contribution in [0.5, 0.6) is 0 Å². The molecule has 170 valence electrons. The number of rotatable bonds is 6. The van der Waals surface area contributed by atoms with E-state index >= 15 is 0 Å². The van der Waals surface area contributed by atoms with Gasteiger partial charge in [0.1, 0.15) is 0 Å². The summed E-state index contributed by atoms with van der Waals surface area (Å²) in [6, 6.07) is 19.0. The molecule has 0 saturated heterocycles. The summed E-state index contributed by atoms with van der Waals surface area (Å²) in [6.45, 7) is 3.78. The van der Waals surface area contributed by atoms with E-state index < -0.39 is 12.0 Å². The first-order chi connectivity index (χ1) is 15.7. The topological polar surface area (TPSA) is 63.4 Å². The molecule has 4 rings (SSSR count). The van der Waals surface area contributed by atoms with Crippen molar-refractivity contribution in [3.8, 4) is 0 Å². The van der Waals surface area contributed by atoms with Gasteiger partial charge in [-0.05, 0) is 43.5 Å². The molecule has 0 atom stereocenters. The maximum Gasteiger partial charge on any atom is 0.453 e. The van der Waals surface area contributed by atoms with Crippen LogP contribution in [0.15, 0.2) is 60.7 Å². The molecule has 0 bridgehead atoms. The molecule has 0 radical (unpaired) electrons. The Morgan fingerprint density at radius 3 is 2.24 bits per heavy atom. The number of nitrogens with zero attached hydrogens (tertiary/aromatic N) is 5. The number of hydrogen-bond acceptors (Lipinski definition) is 4. The number of benzene rings is 2. The minimum atomic E-state index is -4.65. The average molecular weight is 453 g/mol. The average Bonchev–Trinajstić information content (AvgIpc) is 3.23. The fourth-order valence-electron chi connectivity index (χ4n) is 3.75. The molecule has 0 fully saturated rings. The maximum atomic E-state index is 13.3. The Bertz CT molecular complexity index is 1270. The SMILES string of the molecule is Cc1nc2nc(C(F)(F)F)nn2c(C)c1CCC(=O)N(Cc1ccccc1)c1ccccc1. The molecule has 4 aromatic rings. The molecule has 0 N–H and O–H groups in total. The number of carbonyl (C=O) groups excluding carboxylic acids is 1. The quantitative estimate of drug-likeness (QED) is 0.416. The van der Waals surface area contributed by atoms with Crippen molar-refractivity contribution in [3.63, 3.8) is 0 Å². The van der Waals surface area contributed by atoms with Crippen molar-refractivity contribution in [2.75, 3.05) is 4.90 Å². The number of hydrogen-bond donors (Lipinski definition) is 0. The Hall–Kier alpha value is -3.75. The first-order valence-corrected chi connectivity index (χ1v) is 10.4. The maximum absolute atomic E-state index is 13.3. The molecule has 2 aromatic heterocycles. The lowest BCUT2D eigenvalue weighted by Gasteiger charge is -2.23. The molecule has 0 unspecified atom stereocenters. The van der Waals surface area contributed by atoms with Crippen molar-refractivity contribution in [3.05, 3.63) is 89.0 Å². The van der Waals surface area contributed by atoms with Crippen LogP contribution in [0.4, 0.5) is 18.9 Å². The molecule has 2 aromatic carbocycles. The van der Waals surface area contributed by atoms with Gasteiger partial charge in [-0.1, -0.05) is 48.5 Å². The van der Waals surface area contributed by atoms with Crippen LogP contribution in [0.25, 0.3) is 5.78 Å². The van der Waals surface area contributed by atoms with Crippen molar-refractivity contribution in [1.29, 1.82) is 0 Å². The third-order valence-electron chi connectivity index (χ3n) is 5.44. The fraction of sp³-hybridized carbons (Fsp3) is 0.250. The molecule has 0 aliphatic heterocycles. The van der Waals surface area contributed by atoms with E-state index in [9.17, 15) is 18.0 Å². The number of carbonyl (C=O) groups is 1. The van der Waals surface area contributed by atoms with E-state index in [1.807, 2.05) is 60.7 Å². The summed E-state index contributed by atoms with van der Waals surface area (Å²) in [7, 11) is 0. The number of amides is 1. The van der Waals surface area contributed by atoms with Gasteiger partial charge in [-0.25, -0.2) is 9.50 Å². The number of halogens is 3. The van der Waals surface area contributed by atoms with Crippen LogP contribution in [0.1, 0.15) is 34.8 Å². The van der Waals surface area contributed by atoms with Crippen LogP contribution >= 0.6 is 0 Å². The van der Waals surface area contributed by atoms with Gasteiger partial charge >= 0.3 is 6.18 Å². The van der Waals surface area contributed by atoms with E-state index in [4.69, 9.17) is 0 Å². The van der Waals surface area contributed by atoms with Crippen LogP contribution in [-0.4, -0.2) is 25.5 Å². The third kappa shape index (κ3) is 4.87. The van der Waals surface area contributed by atoms with Gasteiger partial charge in [-0.15, -0.1) is 5.10 Å². The highest BCUT2D eigenvalue weighted by molar-refractivity contribution is 5.93. The normalized spacial score (nSPS) is 11.7. The van der Waals surface area contributed by atoms with Gasteiger partial charge in [0.15, 0.2) is 0 Å². The predicted molar refractivity (Wildman–Crippen MR) is 118 cm³/mol. The predicted octanol–water partition coefficient (Wildman–Crippen LogP) is 4.93. The highest BCUT2D eigenvalue weighted by Crippen LogP contribution is 2.27. The summed E-state index contributed by atoms with van der Waals surface area (Å²) in [5.41, 5.74) is 3.47. The smallest absolute Gasteiger partial charge is 0.308 e. The molecular weight excluding hydrogens is 431 g/mol. The number of fused-ring (bicyclic) bond motifs is 1.